The number of aromatic nitrogens is 2. The van der Waals surface area contributed by atoms with Crippen LogP contribution in [0, 0.1) is 0 Å². The lowest BCUT2D eigenvalue weighted by molar-refractivity contribution is -0.140. The van der Waals surface area contributed by atoms with Gasteiger partial charge in [0.2, 0.25) is 6.23 Å². The number of hydrogen-bond donors (Lipinski definition) is 3. The highest BCUT2D eigenvalue weighted by atomic mass is 19.3. The highest BCUT2D eigenvalue weighted by Gasteiger charge is 2.59. The highest BCUT2D eigenvalue weighted by Crippen LogP contribution is 2.42. The molecule has 0 spiro atoms. The first-order valence-corrected chi connectivity index (χ1v) is 10.7. The lowest BCUT2D eigenvalue weighted by Crippen LogP contribution is -2.41. The van der Waals surface area contributed by atoms with Crippen LogP contribution in [0.5, 0.6) is 0 Å². The van der Waals surface area contributed by atoms with Gasteiger partial charge in [0, 0.05) is 11.8 Å². The average molecular weight is 501 g/mol. The number of aliphatic hydroxyl groups excluding tert-OH is 2. The zero-order chi connectivity index (χ0) is 26.0. The van der Waals surface area contributed by atoms with Crippen LogP contribution in [0.4, 0.5) is 14.6 Å². The summed E-state index contributed by atoms with van der Waals surface area (Å²) in [4.78, 5) is 41.4. The van der Waals surface area contributed by atoms with Crippen LogP contribution in [0.25, 0.3) is 11.1 Å². The normalized spacial score (nSPS) is 20.6. The number of nitrogens with zero attached hydrogens (tertiary/aromatic N) is 2. The van der Waals surface area contributed by atoms with E-state index >= 15 is 0 Å². The van der Waals surface area contributed by atoms with Gasteiger partial charge in [-0.25, -0.2) is 9.59 Å². The fraction of sp³-hybridized carbons (Fsp3) is 0.250. The molecule has 0 radical (unpaired) electrons. The SMILES string of the molecule is COC(=O)c1ccccc1-c1ccccc1C(=O)Nc1ccn(C2OC(CO)C(O)C2(F)F)c(=O)n1. The fourth-order valence-corrected chi connectivity index (χ4v) is 3.88. The van der Waals surface area contributed by atoms with Crippen LogP contribution in [0.3, 0.4) is 0 Å². The van der Waals surface area contributed by atoms with E-state index in [2.05, 4.69) is 10.3 Å². The van der Waals surface area contributed by atoms with Gasteiger partial charge in [-0.2, -0.15) is 13.8 Å². The van der Waals surface area contributed by atoms with Crippen molar-refractivity contribution in [1.29, 1.82) is 0 Å². The molecule has 12 heteroatoms. The lowest BCUT2D eigenvalue weighted by atomic mass is 9.95. The maximum absolute atomic E-state index is 14.4. The number of halogens is 2. The summed E-state index contributed by atoms with van der Waals surface area (Å²) in [5.74, 6) is -5.35. The Bertz CT molecular complexity index is 1360. The fourth-order valence-electron chi connectivity index (χ4n) is 3.88. The second kappa shape index (κ2) is 9.93. The van der Waals surface area contributed by atoms with Gasteiger partial charge in [-0.3, -0.25) is 9.36 Å². The molecule has 1 aromatic heterocycles. The van der Waals surface area contributed by atoms with Crippen LogP contribution >= 0.6 is 0 Å². The molecule has 1 aliphatic rings. The summed E-state index contributed by atoms with van der Waals surface area (Å²) in [6.45, 7) is -0.873. The quantitative estimate of drug-likeness (QED) is 0.435. The summed E-state index contributed by atoms with van der Waals surface area (Å²) in [7, 11) is 1.24. The topological polar surface area (TPSA) is 140 Å². The second-order valence-corrected chi connectivity index (χ2v) is 7.87. The van der Waals surface area contributed by atoms with Gasteiger partial charge in [-0.1, -0.05) is 36.4 Å². The maximum Gasteiger partial charge on any atom is 0.351 e. The van der Waals surface area contributed by atoms with Crippen LogP contribution in [-0.4, -0.2) is 63.5 Å². The molecule has 2 heterocycles. The molecule has 3 N–H and O–H groups in total. The Morgan fingerprint density at radius 3 is 2.31 bits per heavy atom. The van der Waals surface area contributed by atoms with E-state index in [9.17, 15) is 28.3 Å². The van der Waals surface area contributed by atoms with E-state index in [-0.39, 0.29) is 16.9 Å². The summed E-state index contributed by atoms with van der Waals surface area (Å²) < 4.78 is 39.0. The van der Waals surface area contributed by atoms with E-state index in [1.54, 1.807) is 42.5 Å². The molecule has 2 aromatic carbocycles. The number of hydrogen-bond acceptors (Lipinski definition) is 8. The molecule has 10 nitrogen and oxygen atoms in total. The molecule has 188 valence electrons. The largest absolute Gasteiger partial charge is 0.465 e. The number of rotatable bonds is 6. The second-order valence-electron chi connectivity index (χ2n) is 7.87. The molecule has 3 aromatic rings. The van der Waals surface area contributed by atoms with Crippen molar-refractivity contribution in [3.05, 3.63) is 82.4 Å². The number of amides is 1. The molecule has 1 fully saturated rings. The molecule has 1 saturated heterocycles. The molecule has 0 aliphatic carbocycles. The van der Waals surface area contributed by atoms with Gasteiger partial charge >= 0.3 is 17.6 Å². The molecule has 3 atom stereocenters. The smallest absolute Gasteiger partial charge is 0.351 e. The number of nitrogens with one attached hydrogen (secondary N) is 1. The number of carbonyl (C=O) groups is 2. The molecule has 36 heavy (non-hydrogen) atoms. The van der Waals surface area contributed by atoms with Gasteiger partial charge in [-0.05, 0) is 29.3 Å². The number of alkyl halides is 2. The van der Waals surface area contributed by atoms with Crippen LogP contribution in [0.1, 0.15) is 26.9 Å². The number of esters is 1. The van der Waals surface area contributed by atoms with E-state index in [4.69, 9.17) is 14.6 Å². The number of aliphatic hydroxyl groups is 2. The minimum Gasteiger partial charge on any atom is -0.465 e. The van der Waals surface area contributed by atoms with Crippen molar-refractivity contribution in [3.63, 3.8) is 0 Å². The predicted octanol–water partition coefficient (Wildman–Crippen LogP) is 1.84. The van der Waals surface area contributed by atoms with Gasteiger partial charge in [0.05, 0.1) is 19.3 Å². The number of carbonyl (C=O) groups excluding carboxylic acids is 2. The maximum atomic E-state index is 14.4. The van der Waals surface area contributed by atoms with Crippen molar-refractivity contribution in [2.75, 3.05) is 19.0 Å². The first kappa shape index (κ1) is 25.1. The van der Waals surface area contributed by atoms with Crippen molar-refractivity contribution in [1.82, 2.24) is 9.55 Å². The minimum atomic E-state index is -3.87. The Morgan fingerprint density at radius 1 is 1.11 bits per heavy atom. The van der Waals surface area contributed by atoms with Gasteiger partial charge in [0.1, 0.15) is 11.9 Å². The van der Waals surface area contributed by atoms with E-state index in [1.807, 2.05) is 0 Å². The van der Waals surface area contributed by atoms with Crippen LogP contribution in [0.2, 0.25) is 0 Å². The van der Waals surface area contributed by atoms with Crippen molar-refractivity contribution in [3.8, 4) is 11.1 Å². The van der Waals surface area contributed by atoms with Gasteiger partial charge in [0.25, 0.3) is 5.91 Å². The third-order valence-corrected chi connectivity index (χ3v) is 5.68. The van der Waals surface area contributed by atoms with Gasteiger partial charge in [-0.15, -0.1) is 0 Å². The molecule has 1 aliphatic heterocycles. The van der Waals surface area contributed by atoms with Crippen LogP contribution in [0.15, 0.2) is 65.6 Å². The Morgan fingerprint density at radius 2 is 1.72 bits per heavy atom. The van der Waals surface area contributed by atoms with Crippen molar-refractivity contribution in [2.45, 2.75) is 24.4 Å². The van der Waals surface area contributed by atoms with Crippen LogP contribution in [-0.2, 0) is 9.47 Å². The summed E-state index contributed by atoms with van der Waals surface area (Å²) >= 11 is 0. The average Bonchev–Trinajstić information content (AvgIpc) is 3.11. The Hall–Kier alpha value is -4.00. The van der Waals surface area contributed by atoms with E-state index < -0.39 is 48.5 Å². The van der Waals surface area contributed by atoms with E-state index in [0.717, 1.165) is 12.3 Å². The number of methoxy groups -OCH3 is 1. The minimum absolute atomic E-state index is 0.152. The van der Waals surface area contributed by atoms with Gasteiger partial charge in [0.15, 0.2) is 6.10 Å². The third kappa shape index (κ3) is 4.49. The predicted molar refractivity (Wildman–Crippen MR) is 122 cm³/mol. The Kier molecular flexibility index (Phi) is 6.93. The third-order valence-electron chi connectivity index (χ3n) is 5.68. The van der Waals surface area contributed by atoms with Crippen molar-refractivity contribution < 1.29 is 38.1 Å². The highest BCUT2D eigenvalue weighted by molar-refractivity contribution is 6.10. The Labute approximate surface area is 202 Å². The van der Waals surface area contributed by atoms with Crippen molar-refractivity contribution >= 4 is 17.7 Å². The van der Waals surface area contributed by atoms with E-state index in [0.29, 0.717) is 15.7 Å². The van der Waals surface area contributed by atoms with Crippen LogP contribution < -0.4 is 11.0 Å². The number of benzene rings is 2. The van der Waals surface area contributed by atoms with E-state index in [1.165, 1.54) is 13.2 Å². The van der Waals surface area contributed by atoms with Gasteiger partial charge < -0.3 is 25.0 Å². The summed E-state index contributed by atoms with van der Waals surface area (Å²) in [5, 5.41) is 21.2. The Balaban J connectivity index is 1.62. The molecule has 3 unspecified atom stereocenters. The summed E-state index contributed by atoms with van der Waals surface area (Å²) in [6, 6.07) is 14.1. The molecule has 4 rings (SSSR count). The molecule has 0 saturated carbocycles. The first-order chi connectivity index (χ1) is 17.2. The monoisotopic (exact) mass is 501 g/mol. The lowest BCUT2D eigenvalue weighted by Gasteiger charge is -2.21. The summed E-state index contributed by atoms with van der Waals surface area (Å²) in [5.41, 5.74) is 0.0669. The zero-order valence-corrected chi connectivity index (χ0v) is 18.8. The number of ether oxygens (including phenoxy) is 2. The molecule has 1 amide bonds. The molecular formula is C24H21F2N3O7. The zero-order valence-electron chi connectivity index (χ0n) is 18.8. The molecular weight excluding hydrogens is 480 g/mol. The van der Waals surface area contributed by atoms with Crippen molar-refractivity contribution in [2.24, 2.45) is 0 Å². The summed E-state index contributed by atoms with van der Waals surface area (Å²) in [6.07, 6.45) is -5.15. The standard InChI is InChI=1S/C24H21F2N3O7/c1-35-21(33)16-9-5-3-7-14(16)13-6-2-4-8-15(13)20(32)27-18-10-11-29(23(34)28-18)22-24(25,26)19(31)17(12-30)36-22/h2-11,17,19,22,30-31H,12H2,1H3,(H,27,28,32,34). The number of anilines is 1. The first-order valence-electron chi connectivity index (χ1n) is 10.7. The molecule has 0 bridgehead atoms.